The summed E-state index contributed by atoms with van der Waals surface area (Å²) in [6, 6.07) is 6.89. The Morgan fingerprint density at radius 1 is 1.22 bits per heavy atom. The number of hydrogen-bond donors (Lipinski definition) is 6. The van der Waals surface area contributed by atoms with Crippen LogP contribution in [0.5, 0.6) is 0 Å². The van der Waals surface area contributed by atoms with Crippen LogP contribution in [0.3, 0.4) is 0 Å². The van der Waals surface area contributed by atoms with Crippen molar-refractivity contribution in [3.05, 3.63) is 48.7 Å². The first kappa shape index (κ1) is 30.2. The number of carboxylic acid groups (broad SMARTS) is 2. The smallest absolute Gasteiger partial charge is 0.303 e. The summed E-state index contributed by atoms with van der Waals surface area (Å²) in [6.07, 6.45) is 3.81. The maximum atomic E-state index is 10.7. The van der Waals surface area contributed by atoms with Crippen LogP contribution in [0, 0.1) is 0 Å². The first-order valence-corrected chi connectivity index (χ1v) is 14.8. The zero-order valence-corrected chi connectivity index (χ0v) is 23.1. The highest BCUT2D eigenvalue weighted by atomic mass is 32.2. The molecule has 1 aliphatic heterocycles. The van der Waals surface area contributed by atoms with Crippen LogP contribution < -0.4 is 16.6 Å². The van der Waals surface area contributed by atoms with E-state index < -0.39 is 42.5 Å². The number of nitrogens with two attached hydrogens (primary N) is 2. The predicted molar refractivity (Wildman–Crippen MR) is 151 cm³/mol. The van der Waals surface area contributed by atoms with Crippen LogP contribution in [0.1, 0.15) is 24.6 Å². The lowest BCUT2D eigenvalue weighted by atomic mass is 10.1. The highest BCUT2D eigenvalue weighted by Crippen LogP contribution is 2.32. The minimum Gasteiger partial charge on any atom is -0.548 e. The van der Waals surface area contributed by atoms with Crippen LogP contribution in [0.25, 0.3) is 22.1 Å². The molecule has 5 rings (SSSR count). The molecule has 1 aliphatic rings. The number of para-hydroxylation sites is 1. The van der Waals surface area contributed by atoms with Crippen molar-refractivity contribution in [2.75, 3.05) is 23.5 Å². The summed E-state index contributed by atoms with van der Waals surface area (Å²) >= 11 is 0. The quantitative estimate of drug-likeness (QED) is 0.122. The van der Waals surface area contributed by atoms with Gasteiger partial charge in [0.25, 0.3) is 0 Å². The fourth-order valence-corrected chi connectivity index (χ4v) is 6.20. The van der Waals surface area contributed by atoms with Crippen molar-refractivity contribution in [3.8, 4) is 0 Å². The lowest BCUT2D eigenvalue weighted by Crippen LogP contribution is -2.43. The number of aliphatic carboxylic acids is 2. The first-order chi connectivity index (χ1) is 19.6. The van der Waals surface area contributed by atoms with Gasteiger partial charge < -0.3 is 46.4 Å². The molecule has 14 nitrogen and oxygen atoms in total. The van der Waals surface area contributed by atoms with Gasteiger partial charge in [-0.3, -0.25) is 9.36 Å². The van der Waals surface area contributed by atoms with Gasteiger partial charge in [-0.1, -0.05) is 18.2 Å². The van der Waals surface area contributed by atoms with E-state index in [9.17, 15) is 24.9 Å². The predicted octanol–water partition coefficient (Wildman–Crippen LogP) is -1.07. The van der Waals surface area contributed by atoms with Gasteiger partial charge in [-0.05, 0) is 28.9 Å². The highest BCUT2D eigenvalue weighted by molar-refractivity contribution is 7.96. The van der Waals surface area contributed by atoms with Crippen molar-refractivity contribution in [2.45, 2.75) is 49.8 Å². The van der Waals surface area contributed by atoms with Crippen molar-refractivity contribution >= 4 is 50.7 Å². The fraction of sp³-hybridized carbons (Fsp3) is 0.423. The number of ether oxygens (including phenoxy) is 1. The number of nitrogens with one attached hydrogen (secondary N) is 1. The summed E-state index contributed by atoms with van der Waals surface area (Å²) in [7, 11) is -0.263. The van der Waals surface area contributed by atoms with Crippen molar-refractivity contribution in [1.82, 2.24) is 24.5 Å². The molecule has 0 bridgehead atoms. The molecule has 0 spiro atoms. The van der Waals surface area contributed by atoms with Crippen LogP contribution >= 0.6 is 0 Å². The van der Waals surface area contributed by atoms with Gasteiger partial charge in [-0.2, -0.15) is 0 Å². The summed E-state index contributed by atoms with van der Waals surface area (Å²) in [5.41, 5.74) is 14.1. The van der Waals surface area contributed by atoms with Gasteiger partial charge in [-0.25, -0.2) is 15.0 Å². The molecule has 1 saturated heterocycles. The van der Waals surface area contributed by atoms with Gasteiger partial charge in [0, 0.05) is 36.0 Å². The molecule has 220 valence electrons. The number of aromatic nitrogens is 5. The van der Waals surface area contributed by atoms with Crippen molar-refractivity contribution in [3.63, 3.8) is 0 Å². The normalized spacial score (nSPS) is 21.9. The van der Waals surface area contributed by atoms with Crippen LogP contribution in [0.4, 0.5) is 5.82 Å². The molecule has 1 fully saturated rings. The topological polar surface area (TPSA) is 239 Å². The van der Waals surface area contributed by atoms with Gasteiger partial charge in [0.1, 0.15) is 41.7 Å². The molecule has 6 atom stereocenters. The zero-order chi connectivity index (χ0) is 29.7. The second-order valence-electron chi connectivity index (χ2n) is 9.75. The number of H-pyrrole nitrogens is 1. The summed E-state index contributed by atoms with van der Waals surface area (Å²) in [4.78, 5) is 36.4. The standard InChI is InChI=1S/C15H22N6O5S.C11H11NO2/c1-27(3-2-7(16)15(24)25)4-8-10(22)11(23)14(26-8)21-6-20-9-12(17)18-5-19-13(9)21;13-11(14)6-5-8-7-12-10-4-2-1-3-9(8)10/h5-8,10-11,14,22-23H,2-4,16H2,1H3,(H2-,17,18,19,24,25);1-4,7,12H,5-6H2,(H,13,14)/t7-,8+,10+,11+,14+,27?;/m0./s1. The molecular formula is C26H33N7O7S. The highest BCUT2D eigenvalue weighted by Gasteiger charge is 2.46. The number of hydrogen-bond acceptors (Lipinski definition) is 11. The maximum Gasteiger partial charge on any atom is 0.303 e. The Kier molecular flexibility index (Phi) is 9.77. The summed E-state index contributed by atoms with van der Waals surface area (Å²) in [6.45, 7) is 0. The van der Waals surface area contributed by atoms with Crippen LogP contribution in [-0.2, 0) is 31.6 Å². The lowest BCUT2D eigenvalue weighted by molar-refractivity contribution is -0.307. The molecule has 0 radical (unpaired) electrons. The second kappa shape index (κ2) is 13.3. The number of carboxylic acids is 2. The number of rotatable bonds is 10. The number of fused-ring (bicyclic) bond motifs is 2. The number of aliphatic hydroxyl groups excluding tert-OH is 2. The summed E-state index contributed by atoms with van der Waals surface area (Å²) in [5.74, 6) is -0.816. The minimum atomic E-state index is -1.28. The molecule has 4 heterocycles. The van der Waals surface area contributed by atoms with Gasteiger partial charge in [-0.15, -0.1) is 0 Å². The third-order valence-electron chi connectivity index (χ3n) is 6.81. The van der Waals surface area contributed by atoms with E-state index in [-0.39, 0.29) is 29.6 Å². The Morgan fingerprint density at radius 2 is 1.98 bits per heavy atom. The molecule has 0 aliphatic carbocycles. The Balaban J connectivity index is 0.000000231. The van der Waals surface area contributed by atoms with E-state index in [0.29, 0.717) is 29.1 Å². The first-order valence-electron chi connectivity index (χ1n) is 12.8. The van der Waals surface area contributed by atoms with Crippen molar-refractivity contribution in [2.24, 2.45) is 5.73 Å². The molecule has 0 amide bonds. The van der Waals surface area contributed by atoms with Gasteiger partial charge >= 0.3 is 5.97 Å². The van der Waals surface area contributed by atoms with E-state index in [4.69, 9.17) is 21.3 Å². The lowest BCUT2D eigenvalue weighted by Gasteiger charge is -2.16. The van der Waals surface area contributed by atoms with E-state index in [0.717, 1.165) is 16.5 Å². The SMILES string of the molecule is C[S+](CC[C@H](N)C(=O)[O-])C[C@H]1O[C@@H](n2cnc3c(N)ncnc32)[C@H](O)[C@@H]1O.O=C(O)CCc1c[nH]c2ccccc12. The van der Waals surface area contributed by atoms with E-state index in [1.807, 2.05) is 36.7 Å². The molecule has 4 aromatic rings. The van der Waals surface area contributed by atoms with Crippen LogP contribution in [-0.4, -0.2) is 93.9 Å². The Hall–Kier alpha value is -3.76. The average Bonchev–Trinajstić information content (AvgIpc) is 3.64. The Morgan fingerprint density at radius 3 is 2.71 bits per heavy atom. The molecule has 41 heavy (non-hydrogen) atoms. The molecule has 8 N–H and O–H groups in total. The third-order valence-corrected chi connectivity index (χ3v) is 8.64. The Bertz CT molecular complexity index is 1500. The molecule has 1 unspecified atom stereocenters. The average molecular weight is 588 g/mol. The maximum absolute atomic E-state index is 10.7. The van der Waals surface area contributed by atoms with Crippen LogP contribution in [0.15, 0.2) is 43.1 Å². The minimum absolute atomic E-state index is 0.182. The van der Waals surface area contributed by atoms with E-state index in [2.05, 4.69) is 19.9 Å². The molecular weight excluding hydrogens is 554 g/mol. The number of aliphatic hydroxyl groups is 2. The second-order valence-corrected chi connectivity index (χ2v) is 12.1. The third kappa shape index (κ3) is 7.12. The van der Waals surface area contributed by atoms with Gasteiger partial charge in [0.15, 0.2) is 17.7 Å². The number of carbonyl (C=O) groups is 2. The van der Waals surface area contributed by atoms with Crippen molar-refractivity contribution < 1.29 is 34.8 Å². The van der Waals surface area contributed by atoms with Crippen LogP contribution in [0.2, 0.25) is 0 Å². The van der Waals surface area contributed by atoms with E-state index in [1.54, 1.807) is 0 Å². The molecule has 0 saturated carbocycles. The summed E-state index contributed by atoms with van der Waals surface area (Å²) < 4.78 is 7.39. The molecule has 1 aromatic carbocycles. The number of anilines is 1. The molecule has 3 aromatic heterocycles. The number of nitrogens with zero attached hydrogens (tertiary/aromatic N) is 4. The number of carbonyl (C=O) groups excluding carboxylic acids is 1. The van der Waals surface area contributed by atoms with E-state index in [1.165, 1.54) is 17.2 Å². The summed E-state index contributed by atoms with van der Waals surface area (Å²) in [5, 5.41) is 41.2. The number of nitrogen functional groups attached to an aromatic ring is 1. The monoisotopic (exact) mass is 587 g/mol. The van der Waals surface area contributed by atoms with E-state index >= 15 is 0 Å². The fourth-order valence-electron chi connectivity index (χ4n) is 4.54. The number of benzene rings is 1. The molecule has 15 heteroatoms. The number of aryl methyl sites for hydroxylation is 1. The Labute approximate surface area is 237 Å². The number of aromatic amines is 1. The van der Waals surface area contributed by atoms with Gasteiger partial charge in [0.05, 0.1) is 18.6 Å². The zero-order valence-electron chi connectivity index (χ0n) is 22.3. The van der Waals surface area contributed by atoms with Crippen molar-refractivity contribution in [1.29, 1.82) is 0 Å². The number of imidazole rings is 1. The largest absolute Gasteiger partial charge is 0.548 e. The van der Waals surface area contributed by atoms with Gasteiger partial charge in [0.2, 0.25) is 0 Å².